The Kier molecular flexibility index (Phi) is 4.70. The van der Waals surface area contributed by atoms with Crippen molar-refractivity contribution in [1.29, 1.82) is 0 Å². The highest BCUT2D eigenvalue weighted by molar-refractivity contribution is 8.02. The van der Waals surface area contributed by atoms with Crippen LogP contribution < -0.4 is 0 Å². The third kappa shape index (κ3) is 3.47. The van der Waals surface area contributed by atoms with E-state index in [2.05, 4.69) is 22.8 Å². The summed E-state index contributed by atoms with van der Waals surface area (Å²) in [6.07, 6.45) is 0. The van der Waals surface area contributed by atoms with Crippen LogP contribution >= 0.6 is 35.7 Å². The predicted molar refractivity (Wildman–Crippen MR) is 59.1 cm³/mol. The molecule has 0 N–H and O–H groups in total. The quantitative estimate of drug-likeness (QED) is 0.502. The fourth-order valence-electron chi connectivity index (χ4n) is 0.709. The van der Waals surface area contributed by atoms with Crippen molar-refractivity contribution >= 4 is 41.7 Å². The van der Waals surface area contributed by atoms with E-state index in [-0.39, 0.29) is 11.2 Å². The summed E-state index contributed by atoms with van der Waals surface area (Å²) in [5, 5.41) is 7.33. The number of carbonyl (C=O) groups excluding carboxylic acids is 1. The van der Waals surface area contributed by atoms with Gasteiger partial charge < -0.3 is 4.74 Å². The van der Waals surface area contributed by atoms with E-state index < -0.39 is 0 Å². The summed E-state index contributed by atoms with van der Waals surface area (Å²) in [5.74, 6) is -0.228. The molecule has 0 bridgehead atoms. The fraction of sp³-hybridized carbons (Fsp3) is 0.571. The van der Waals surface area contributed by atoms with E-state index in [0.717, 1.165) is 4.34 Å². The number of hydrogen-bond donors (Lipinski definition) is 1. The molecule has 0 radical (unpaired) electrons. The van der Waals surface area contributed by atoms with Gasteiger partial charge in [-0.3, -0.25) is 4.79 Å². The number of hydrogen-bond acceptors (Lipinski definition) is 7. The van der Waals surface area contributed by atoms with Gasteiger partial charge in [-0.15, -0.1) is 22.8 Å². The molecular weight excluding hydrogens is 240 g/mol. The molecule has 1 rings (SSSR count). The normalized spacial score (nSPS) is 12.5. The maximum atomic E-state index is 11.2. The van der Waals surface area contributed by atoms with Crippen molar-refractivity contribution in [2.75, 3.05) is 6.61 Å². The highest BCUT2D eigenvalue weighted by Gasteiger charge is 2.17. The molecule has 0 saturated carbocycles. The molecule has 1 heterocycles. The first-order valence-electron chi connectivity index (χ1n) is 3.99. The molecular formula is C7H10N2O2S3. The number of thiol groups is 1. The Labute approximate surface area is 95.9 Å². The Morgan fingerprint density at radius 2 is 2.43 bits per heavy atom. The van der Waals surface area contributed by atoms with E-state index >= 15 is 0 Å². The molecule has 78 valence electrons. The molecule has 1 aromatic rings. The lowest BCUT2D eigenvalue weighted by molar-refractivity contribution is -0.142. The molecule has 14 heavy (non-hydrogen) atoms. The Bertz CT molecular complexity index is 316. The number of nitrogens with zero attached hydrogens (tertiary/aromatic N) is 2. The van der Waals surface area contributed by atoms with E-state index in [1.54, 1.807) is 13.8 Å². The zero-order valence-corrected chi connectivity index (χ0v) is 10.3. The van der Waals surface area contributed by atoms with Gasteiger partial charge in [-0.1, -0.05) is 23.1 Å². The van der Waals surface area contributed by atoms with E-state index in [1.807, 2.05) is 0 Å². The highest BCUT2D eigenvalue weighted by Crippen LogP contribution is 2.28. The minimum Gasteiger partial charge on any atom is -0.465 e. The van der Waals surface area contributed by atoms with Gasteiger partial charge in [-0.2, -0.15) is 0 Å². The predicted octanol–water partition coefficient (Wildman–Crippen LogP) is 1.87. The number of ether oxygens (including phenoxy) is 1. The van der Waals surface area contributed by atoms with Crippen LogP contribution in [0, 0.1) is 0 Å². The van der Waals surface area contributed by atoms with Crippen LogP contribution in [0.25, 0.3) is 0 Å². The van der Waals surface area contributed by atoms with E-state index in [0.29, 0.717) is 10.9 Å². The van der Waals surface area contributed by atoms with Crippen molar-refractivity contribution in [3.05, 3.63) is 0 Å². The average molecular weight is 250 g/mol. The zero-order valence-electron chi connectivity index (χ0n) is 7.76. The molecule has 1 atom stereocenters. The summed E-state index contributed by atoms with van der Waals surface area (Å²) in [4.78, 5) is 11.2. The van der Waals surface area contributed by atoms with Gasteiger partial charge in [-0.25, -0.2) is 0 Å². The van der Waals surface area contributed by atoms with Gasteiger partial charge in [0.25, 0.3) is 0 Å². The van der Waals surface area contributed by atoms with E-state index in [4.69, 9.17) is 4.74 Å². The summed E-state index contributed by atoms with van der Waals surface area (Å²) in [7, 11) is 0. The number of rotatable bonds is 4. The van der Waals surface area contributed by atoms with Gasteiger partial charge in [0.05, 0.1) is 6.61 Å². The Morgan fingerprint density at radius 1 is 1.71 bits per heavy atom. The monoisotopic (exact) mass is 250 g/mol. The van der Waals surface area contributed by atoms with Crippen molar-refractivity contribution in [3.63, 3.8) is 0 Å². The van der Waals surface area contributed by atoms with Crippen molar-refractivity contribution in [2.24, 2.45) is 0 Å². The molecule has 0 aliphatic rings. The highest BCUT2D eigenvalue weighted by atomic mass is 32.2. The largest absolute Gasteiger partial charge is 0.465 e. The molecule has 1 unspecified atom stereocenters. The summed E-state index contributed by atoms with van der Waals surface area (Å²) in [5.41, 5.74) is 0. The average Bonchev–Trinajstić information content (AvgIpc) is 2.51. The Hall–Kier alpha value is -0.270. The first-order valence-corrected chi connectivity index (χ1v) is 6.13. The first-order chi connectivity index (χ1) is 6.63. The second-order valence-electron chi connectivity index (χ2n) is 2.36. The minimum atomic E-state index is -0.254. The standard InChI is InChI=1S/C7H10N2O2S3/c1-3-11-5(10)4(2)13-7-9-8-6(12)14-7/h4H,3H2,1-2H3,(H,8,12). The topological polar surface area (TPSA) is 52.1 Å². The maximum Gasteiger partial charge on any atom is 0.319 e. The number of carbonyl (C=O) groups is 1. The zero-order chi connectivity index (χ0) is 10.6. The van der Waals surface area contributed by atoms with Crippen LogP contribution in [0.15, 0.2) is 8.68 Å². The lowest BCUT2D eigenvalue weighted by atomic mass is 10.5. The second-order valence-corrected chi connectivity index (χ2v) is 5.65. The van der Waals surface area contributed by atoms with Crippen LogP contribution in [0.1, 0.15) is 13.8 Å². The van der Waals surface area contributed by atoms with Gasteiger partial charge in [0.15, 0.2) is 8.68 Å². The molecule has 1 aromatic heterocycles. The first kappa shape index (κ1) is 11.8. The fourth-order valence-corrected chi connectivity index (χ4v) is 2.93. The van der Waals surface area contributed by atoms with Crippen molar-refractivity contribution in [3.8, 4) is 0 Å². The van der Waals surface area contributed by atoms with Crippen LogP contribution in [0.4, 0.5) is 0 Å². The smallest absolute Gasteiger partial charge is 0.319 e. The Morgan fingerprint density at radius 3 is 2.93 bits per heavy atom. The molecule has 0 aliphatic heterocycles. The summed E-state index contributed by atoms with van der Waals surface area (Å²) >= 11 is 6.72. The summed E-state index contributed by atoms with van der Waals surface area (Å²) < 4.78 is 6.19. The molecule has 0 spiro atoms. The lowest BCUT2D eigenvalue weighted by Crippen LogP contribution is -2.16. The van der Waals surface area contributed by atoms with Gasteiger partial charge in [0, 0.05) is 0 Å². The summed E-state index contributed by atoms with van der Waals surface area (Å²) in [6, 6.07) is 0. The lowest BCUT2D eigenvalue weighted by Gasteiger charge is -2.06. The number of esters is 1. The molecule has 4 nitrogen and oxygen atoms in total. The second kappa shape index (κ2) is 5.57. The molecule has 7 heteroatoms. The number of aromatic nitrogens is 2. The van der Waals surface area contributed by atoms with E-state index in [9.17, 15) is 4.79 Å². The third-order valence-corrected chi connectivity index (χ3v) is 3.54. The van der Waals surface area contributed by atoms with Crippen LogP contribution in [-0.2, 0) is 9.53 Å². The van der Waals surface area contributed by atoms with Crippen molar-refractivity contribution < 1.29 is 9.53 Å². The van der Waals surface area contributed by atoms with Crippen LogP contribution in [0.3, 0.4) is 0 Å². The van der Waals surface area contributed by atoms with Crippen LogP contribution in [0.5, 0.6) is 0 Å². The van der Waals surface area contributed by atoms with Crippen LogP contribution in [-0.4, -0.2) is 28.0 Å². The molecule has 0 aliphatic carbocycles. The minimum absolute atomic E-state index is 0.228. The van der Waals surface area contributed by atoms with Crippen molar-refractivity contribution in [1.82, 2.24) is 10.2 Å². The van der Waals surface area contributed by atoms with Crippen molar-refractivity contribution in [2.45, 2.75) is 27.8 Å². The van der Waals surface area contributed by atoms with Gasteiger partial charge >= 0.3 is 5.97 Å². The van der Waals surface area contributed by atoms with Gasteiger partial charge in [0.2, 0.25) is 0 Å². The third-order valence-electron chi connectivity index (χ3n) is 1.29. The van der Waals surface area contributed by atoms with Crippen LogP contribution in [0.2, 0.25) is 0 Å². The summed E-state index contributed by atoms with van der Waals surface area (Å²) in [6.45, 7) is 3.96. The van der Waals surface area contributed by atoms with Gasteiger partial charge in [-0.05, 0) is 13.8 Å². The Balaban J connectivity index is 2.48. The molecule has 0 fully saturated rings. The maximum absolute atomic E-state index is 11.2. The van der Waals surface area contributed by atoms with E-state index in [1.165, 1.54) is 23.1 Å². The molecule has 0 aromatic carbocycles. The SMILES string of the molecule is CCOC(=O)C(C)Sc1nnc(S)s1. The molecule has 0 saturated heterocycles. The van der Waals surface area contributed by atoms with Gasteiger partial charge in [0.1, 0.15) is 5.25 Å². The molecule has 0 amide bonds. The number of thioether (sulfide) groups is 1.